The topological polar surface area (TPSA) is 210 Å². The fourth-order valence-electron chi connectivity index (χ4n) is 3.93. The largest absolute Gasteiger partial charge is 0.303 e. The molecule has 0 atom stereocenters. The average molecular weight is 623 g/mol. The van der Waals surface area contributed by atoms with Crippen molar-refractivity contribution in [3.05, 3.63) is 0 Å². The zero-order chi connectivity index (χ0) is 30.2. The van der Waals surface area contributed by atoms with Gasteiger partial charge < -0.3 is 0 Å². The summed E-state index contributed by atoms with van der Waals surface area (Å²) >= 11 is 0. The minimum atomic E-state index is -4.81. The van der Waals surface area contributed by atoms with Crippen molar-refractivity contribution in [3.8, 4) is 18.2 Å². The van der Waals surface area contributed by atoms with Crippen LogP contribution in [0.3, 0.4) is 0 Å². The summed E-state index contributed by atoms with van der Waals surface area (Å²) in [4.78, 5) is 0. The first-order valence-electron chi connectivity index (χ1n) is 14.1. The Morgan fingerprint density at radius 2 is 0.625 bits per heavy atom. The highest BCUT2D eigenvalue weighted by molar-refractivity contribution is 8.22. The SMILES string of the molecule is N#CCCCCCCCNS(=O)(=O)C(S(=O)(=O)NCCCCCCCC#N)S(=O)(=O)NCCCCCCCC#N. The minimum absolute atomic E-state index is 0.104. The van der Waals surface area contributed by atoms with Gasteiger partial charge in [-0.25, -0.2) is 39.4 Å². The van der Waals surface area contributed by atoms with Crippen LogP contribution in [0.15, 0.2) is 0 Å². The second kappa shape index (κ2) is 22.8. The zero-order valence-electron chi connectivity index (χ0n) is 23.4. The number of hydrogen-bond acceptors (Lipinski definition) is 9. The van der Waals surface area contributed by atoms with E-state index < -0.39 is 34.0 Å². The van der Waals surface area contributed by atoms with E-state index in [0.29, 0.717) is 57.8 Å². The summed E-state index contributed by atoms with van der Waals surface area (Å²) in [6.45, 7) is -0.311. The third kappa shape index (κ3) is 18.5. The summed E-state index contributed by atoms with van der Waals surface area (Å²) in [6.07, 6.45) is 11.5. The third-order valence-corrected chi connectivity index (χ3v) is 14.0. The monoisotopic (exact) mass is 622 g/mol. The van der Waals surface area contributed by atoms with Crippen molar-refractivity contribution in [3.63, 3.8) is 0 Å². The molecule has 0 aliphatic rings. The lowest BCUT2D eigenvalue weighted by Crippen LogP contribution is -2.53. The lowest BCUT2D eigenvalue weighted by molar-refractivity contribution is 0.547. The van der Waals surface area contributed by atoms with Crippen LogP contribution in [0.5, 0.6) is 0 Å². The molecule has 40 heavy (non-hydrogen) atoms. The van der Waals surface area contributed by atoms with E-state index in [1.807, 2.05) is 0 Å². The summed E-state index contributed by atoms with van der Waals surface area (Å²) in [5, 5.41) is 25.7. The number of nitriles is 3. The predicted molar refractivity (Wildman–Crippen MR) is 155 cm³/mol. The Morgan fingerprint density at radius 1 is 0.400 bits per heavy atom. The summed E-state index contributed by atoms with van der Waals surface area (Å²) in [5.74, 6) is 0. The number of hydrogen-bond donors (Lipinski definition) is 3. The molecule has 12 nitrogen and oxygen atoms in total. The van der Waals surface area contributed by atoms with Gasteiger partial charge in [0.15, 0.2) is 0 Å². The molecule has 0 aromatic heterocycles. The standard InChI is InChI=1S/C25H46N6O6S3/c26-19-13-7-1-4-10-16-22-29-38(32,33)25(39(34,35)30-23-17-11-5-2-8-14-20-27)40(36,37)31-24-18-12-6-3-9-15-21-28/h25,29-31H,1-18,22-24H2. The average Bonchev–Trinajstić information content (AvgIpc) is 2.88. The van der Waals surface area contributed by atoms with E-state index in [1.165, 1.54) is 0 Å². The Hall–Kier alpha value is -1.80. The van der Waals surface area contributed by atoms with E-state index in [4.69, 9.17) is 15.8 Å². The van der Waals surface area contributed by atoms with Crippen LogP contribution in [-0.4, -0.2) is 48.8 Å². The molecule has 0 aliphatic heterocycles. The highest BCUT2D eigenvalue weighted by Crippen LogP contribution is 2.16. The van der Waals surface area contributed by atoms with E-state index >= 15 is 0 Å². The molecule has 3 N–H and O–H groups in total. The molecule has 0 aliphatic carbocycles. The van der Waals surface area contributed by atoms with Crippen LogP contribution < -0.4 is 14.2 Å². The molecular weight excluding hydrogens is 577 g/mol. The Labute approximate surface area is 242 Å². The quantitative estimate of drug-likeness (QED) is 0.114. The lowest BCUT2D eigenvalue weighted by Gasteiger charge is -2.20. The third-order valence-electron chi connectivity index (χ3n) is 6.07. The number of sulfonamides is 3. The first kappa shape index (κ1) is 38.2. The maximum Gasteiger partial charge on any atom is 0.303 e. The van der Waals surface area contributed by atoms with Crippen LogP contribution in [-0.2, 0) is 30.1 Å². The van der Waals surface area contributed by atoms with Crippen LogP contribution in [0, 0.1) is 34.0 Å². The Balaban J connectivity index is 5.16. The zero-order valence-corrected chi connectivity index (χ0v) is 25.9. The maximum atomic E-state index is 13.0. The molecule has 0 fully saturated rings. The van der Waals surface area contributed by atoms with Gasteiger partial charge in [0, 0.05) is 38.9 Å². The van der Waals surface area contributed by atoms with Gasteiger partial charge in [0.2, 0.25) is 30.1 Å². The number of unbranched alkanes of at least 4 members (excludes halogenated alkanes) is 15. The van der Waals surface area contributed by atoms with Gasteiger partial charge in [0.25, 0.3) is 0 Å². The lowest BCUT2D eigenvalue weighted by atomic mass is 10.1. The minimum Gasteiger partial charge on any atom is -0.213 e. The smallest absolute Gasteiger partial charge is 0.213 e. The van der Waals surface area contributed by atoms with E-state index in [2.05, 4.69) is 32.4 Å². The van der Waals surface area contributed by atoms with Crippen LogP contribution in [0.1, 0.15) is 116 Å². The van der Waals surface area contributed by atoms with E-state index in [-0.39, 0.29) is 19.6 Å². The Morgan fingerprint density at radius 3 is 0.875 bits per heavy atom. The van der Waals surface area contributed by atoms with E-state index in [9.17, 15) is 25.3 Å². The molecule has 0 amide bonds. The highest BCUT2D eigenvalue weighted by atomic mass is 32.3. The van der Waals surface area contributed by atoms with Crippen molar-refractivity contribution in [1.29, 1.82) is 15.8 Å². The van der Waals surface area contributed by atoms with Gasteiger partial charge in [-0.3, -0.25) is 0 Å². The molecule has 0 radical (unpaired) electrons. The second-order valence-corrected chi connectivity index (χ2v) is 16.1. The number of nitrogens with zero attached hydrogens (tertiary/aromatic N) is 3. The molecule has 0 saturated heterocycles. The van der Waals surface area contributed by atoms with E-state index in [1.54, 1.807) is 0 Å². The van der Waals surface area contributed by atoms with Crippen LogP contribution in [0.2, 0.25) is 0 Å². The number of nitrogens with one attached hydrogen (secondary N) is 3. The summed E-state index contributed by atoms with van der Waals surface area (Å²) < 4.78 is 81.9. The molecule has 0 spiro atoms. The Kier molecular flexibility index (Phi) is 21.8. The van der Waals surface area contributed by atoms with E-state index in [0.717, 1.165) is 57.8 Å². The summed E-state index contributed by atoms with van der Waals surface area (Å²) in [6, 6.07) is 6.17. The molecule has 230 valence electrons. The molecule has 0 bridgehead atoms. The van der Waals surface area contributed by atoms with Gasteiger partial charge in [0.1, 0.15) is 0 Å². The fourth-order valence-corrected chi connectivity index (χ4v) is 10.8. The summed E-state index contributed by atoms with van der Waals surface area (Å²) in [5.41, 5.74) is 0. The summed E-state index contributed by atoms with van der Waals surface area (Å²) in [7, 11) is -14.4. The first-order valence-corrected chi connectivity index (χ1v) is 18.8. The van der Waals surface area contributed by atoms with Crippen LogP contribution in [0.25, 0.3) is 0 Å². The molecule has 0 rings (SSSR count). The molecule has 0 unspecified atom stereocenters. The molecule has 0 aromatic rings. The van der Waals surface area contributed by atoms with Crippen LogP contribution in [0.4, 0.5) is 0 Å². The van der Waals surface area contributed by atoms with Crippen molar-refractivity contribution < 1.29 is 25.3 Å². The molecule has 0 heterocycles. The van der Waals surface area contributed by atoms with Crippen molar-refractivity contribution in [2.45, 2.75) is 119 Å². The molecule has 15 heteroatoms. The van der Waals surface area contributed by atoms with Crippen molar-refractivity contribution >= 4 is 30.1 Å². The van der Waals surface area contributed by atoms with Gasteiger partial charge in [-0.1, -0.05) is 57.8 Å². The fraction of sp³-hybridized carbons (Fsp3) is 0.880. The van der Waals surface area contributed by atoms with Gasteiger partial charge in [-0.2, -0.15) is 15.8 Å². The first-order chi connectivity index (χ1) is 19.0. The molecular formula is C25H46N6O6S3. The van der Waals surface area contributed by atoms with Gasteiger partial charge >= 0.3 is 3.91 Å². The maximum absolute atomic E-state index is 13.0. The van der Waals surface area contributed by atoms with Gasteiger partial charge in [0.05, 0.1) is 18.2 Å². The highest BCUT2D eigenvalue weighted by Gasteiger charge is 2.48. The van der Waals surface area contributed by atoms with Gasteiger partial charge in [-0.05, 0) is 38.5 Å². The van der Waals surface area contributed by atoms with Crippen molar-refractivity contribution in [2.75, 3.05) is 19.6 Å². The normalized spacial score (nSPS) is 12.2. The Bertz CT molecular complexity index is 980. The van der Waals surface area contributed by atoms with Crippen molar-refractivity contribution in [1.82, 2.24) is 14.2 Å². The number of rotatable bonds is 27. The predicted octanol–water partition coefficient (Wildman–Crippen LogP) is 3.62. The molecule has 0 saturated carbocycles. The van der Waals surface area contributed by atoms with Crippen molar-refractivity contribution in [2.24, 2.45) is 0 Å². The van der Waals surface area contributed by atoms with Crippen LogP contribution >= 0.6 is 0 Å². The van der Waals surface area contributed by atoms with Gasteiger partial charge in [-0.15, -0.1) is 0 Å². The second-order valence-electron chi connectivity index (χ2n) is 9.63. The molecule has 0 aromatic carbocycles.